The minimum absolute atomic E-state index is 0.0997. The molecule has 2 aromatic carbocycles. The van der Waals surface area contributed by atoms with Gasteiger partial charge in [0.15, 0.2) is 11.9 Å². The number of para-hydroxylation sites is 1. The van der Waals surface area contributed by atoms with Crippen LogP contribution in [0.2, 0.25) is 5.02 Å². The first-order chi connectivity index (χ1) is 14.7. The lowest BCUT2D eigenvalue weighted by molar-refractivity contribution is -0.0168. The van der Waals surface area contributed by atoms with E-state index in [1.165, 1.54) is 11.8 Å². The summed E-state index contributed by atoms with van der Waals surface area (Å²) in [5.74, 6) is 2.03. The molecule has 152 valence electrons. The molecule has 8 heteroatoms. The van der Waals surface area contributed by atoms with E-state index < -0.39 is 0 Å². The van der Waals surface area contributed by atoms with Gasteiger partial charge < -0.3 is 13.9 Å². The quantitative estimate of drug-likeness (QED) is 0.326. The molecule has 1 aliphatic heterocycles. The molecular formula is C22H17ClN2O4S. The fraction of sp³-hybridized carbons (Fsp3) is 0.182. The summed E-state index contributed by atoms with van der Waals surface area (Å²) in [6, 6.07) is 14.7. The Hall–Kier alpha value is -2.74. The molecule has 3 heterocycles. The van der Waals surface area contributed by atoms with Crippen LogP contribution >= 0.6 is 23.4 Å². The van der Waals surface area contributed by atoms with Crippen LogP contribution in [-0.2, 0) is 23.6 Å². The number of halogens is 1. The predicted octanol–water partition coefficient (Wildman–Crippen LogP) is 4.85. The van der Waals surface area contributed by atoms with Gasteiger partial charge in [-0.05, 0) is 36.4 Å². The highest BCUT2D eigenvalue weighted by molar-refractivity contribution is 7.98. The first kappa shape index (κ1) is 19.2. The SMILES string of the molecule is O=c1c2ccccc2nc(SCc2cc(Cl)cc3c2OCOC3)n1Cc1ccco1. The molecule has 0 atom stereocenters. The molecule has 0 saturated carbocycles. The number of fused-ring (bicyclic) bond motifs is 2. The van der Waals surface area contributed by atoms with Crippen LogP contribution in [0.15, 0.2) is 69.2 Å². The molecule has 6 nitrogen and oxygen atoms in total. The van der Waals surface area contributed by atoms with E-state index in [-0.39, 0.29) is 12.4 Å². The summed E-state index contributed by atoms with van der Waals surface area (Å²) in [5, 5.41) is 1.81. The van der Waals surface area contributed by atoms with E-state index in [4.69, 9.17) is 30.5 Å². The predicted molar refractivity (Wildman–Crippen MR) is 115 cm³/mol. The number of rotatable bonds is 5. The second kappa shape index (κ2) is 8.18. The van der Waals surface area contributed by atoms with E-state index in [2.05, 4.69) is 0 Å². The maximum atomic E-state index is 13.2. The molecular weight excluding hydrogens is 424 g/mol. The third-order valence-electron chi connectivity index (χ3n) is 4.83. The van der Waals surface area contributed by atoms with Crippen LogP contribution < -0.4 is 10.3 Å². The zero-order valence-corrected chi connectivity index (χ0v) is 17.4. The molecule has 0 N–H and O–H groups in total. The van der Waals surface area contributed by atoms with Crippen molar-refractivity contribution in [2.24, 2.45) is 0 Å². The maximum absolute atomic E-state index is 13.2. The highest BCUT2D eigenvalue weighted by Gasteiger charge is 2.18. The van der Waals surface area contributed by atoms with Crippen LogP contribution in [0.5, 0.6) is 5.75 Å². The molecule has 4 aromatic rings. The number of thioether (sulfide) groups is 1. The van der Waals surface area contributed by atoms with Crippen molar-refractivity contribution in [3.8, 4) is 5.75 Å². The summed E-state index contributed by atoms with van der Waals surface area (Å²) in [4.78, 5) is 17.9. The Morgan fingerprint density at radius 2 is 2.07 bits per heavy atom. The van der Waals surface area contributed by atoms with E-state index in [1.807, 2.05) is 36.4 Å². The number of hydrogen-bond acceptors (Lipinski definition) is 6. The minimum atomic E-state index is -0.0997. The molecule has 30 heavy (non-hydrogen) atoms. The number of furan rings is 1. The monoisotopic (exact) mass is 440 g/mol. The van der Waals surface area contributed by atoms with Gasteiger partial charge in [-0.1, -0.05) is 35.5 Å². The largest absolute Gasteiger partial charge is 0.467 e. The number of hydrogen-bond donors (Lipinski definition) is 0. The Kier molecular flexibility index (Phi) is 5.25. The zero-order chi connectivity index (χ0) is 20.5. The first-order valence-corrected chi connectivity index (χ1v) is 10.7. The molecule has 0 saturated heterocycles. The van der Waals surface area contributed by atoms with Gasteiger partial charge in [0.2, 0.25) is 0 Å². The number of aromatic nitrogens is 2. The Morgan fingerprint density at radius 3 is 2.93 bits per heavy atom. The summed E-state index contributed by atoms with van der Waals surface area (Å²) in [7, 11) is 0. The smallest absolute Gasteiger partial charge is 0.262 e. The van der Waals surface area contributed by atoms with Gasteiger partial charge in [-0.15, -0.1) is 0 Å². The summed E-state index contributed by atoms with van der Waals surface area (Å²) in [6.07, 6.45) is 1.60. The van der Waals surface area contributed by atoms with Gasteiger partial charge in [-0.25, -0.2) is 4.98 Å². The summed E-state index contributed by atoms with van der Waals surface area (Å²) >= 11 is 7.75. The van der Waals surface area contributed by atoms with Gasteiger partial charge in [0.05, 0.1) is 30.3 Å². The van der Waals surface area contributed by atoms with E-state index in [0.29, 0.717) is 45.7 Å². The van der Waals surface area contributed by atoms with E-state index in [1.54, 1.807) is 23.0 Å². The number of benzene rings is 2. The topological polar surface area (TPSA) is 66.5 Å². The molecule has 1 aliphatic rings. The Bertz CT molecular complexity index is 1270. The number of ether oxygens (including phenoxy) is 2. The summed E-state index contributed by atoms with van der Waals surface area (Å²) < 4.78 is 18.2. The van der Waals surface area contributed by atoms with E-state index in [9.17, 15) is 4.79 Å². The molecule has 0 radical (unpaired) electrons. The van der Waals surface area contributed by atoms with E-state index in [0.717, 1.165) is 16.9 Å². The van der Waals surface area contributed by atoms with Crippen molar-refractivity contribution in [3.05, 3.63) is 87.1 Å². The van der Waals surface area contributed by atoms with E-state index >= 15 is 0 Å². The second-order valence-corrected chi connectivity index (χ2v) is 8.21. The van der Waals surface area contributed by atoms with Gasteiger partial charge >= 0.3 is 0 Å². The summed E-state index contributed by atoms with van der Waals surface area (Å²) in [6.45, 7) is 0.985. The number of nitrogens with zero attached hydrogens (tertiary/aromatic N) is 2. The standard InChI is InChI=1S/C22H17ClN2O4S/c23-16-8-14-11-27-13-29-20(14)15(9-16)12-30-22-24-19-6-2-1-5-18(19)21(26)25(22)10-17-4-3-7-28-17/h1-9H,10-13H2. The van der Waals surface area contributed by atoms with Crippen LogP contribution in [0.25, 0.3) is 10.9 Å². The third-order valence-corrected chi connectivity index (χ3v) is 6.07. The molecule has 0 aliphatic carbocycles. The maximum Gasteiger partial charge on any atom is 0.262 e. The van der Waals surface area contributed by atoms with Crippen molar-refractivity contribution in [1.29, 1.82) is 0 Å². The highest BCUT2D eigenvalue weighted by Crippen LogP contribution is 2.35. The van der Waals surface area contributed by atoms with Crippen molar-refractivity contribution in [3.63, 3.8) is 0 Å². The van der Waals surface area contributed by atoms with Gasteiger partial charge in [0.25, 0.3) is 5.56 Å². The first-order valence-electron chi connectivity index (χ1n) is 9.35. The van der Waals surface area contributed by atoms with Crippen molar-refractivity contribution < 1.29 is 13.9 Å². The zero-order valence-electron chi connectivity index (χ0n) is 15.8. The van der Waals surface area contributed by atoms with Gasteiger partial charge in [0, 0.05) is 21.9 Å². The normalized spacial score (nSPS) is 13.2. The van der Waals surface area contributed by atoms with Crippen molar-refractivity contribution in [1.82, 2.24) is 9.55 Å². The van der Waals surface area contributed by atoms with Crippen LogP contribution in [0.4, 0.5) is 0 Å². The van der Waals surface area contributed by atoms with Crippen molar-refractivity contribution in [2.75, 3.05) is 6.79 Å². The van der Waals surface area contributed by atoms with Crippen LogP contribution in [0.3, 0.4) is 0 Å². The van der Waals surface area contributed by atoms with Gasteiger partial charge in [-0.2, -0.15) is 0 Å². The average Bonchev–Trinajstić information content (AvgIpc) is 3.27. The fourth-order valence-corrected chi connectivity index (χ4v) is 4.69. The Balaban J connectivity index is 1.54. The van der Waals surface area contributed by atoms with Crippen LogP contribution in [0.1, 0.15) is 16.9 Å². The lowest BCUT2D eigenvalue weighted by Crippen LogP contribution is -2.23. The molecule has 2 aromatic heterocycles. The lowest BCUT2D eigenvalue weighted by Gasteiger charge is -2.21. The molecule has 0 spiro atoms. The van der Waals surface area contributed by atoms with Crippen molar-refractivity contribution >= 4 is 34.3 Å². The molecule has 0 unspecified atom stereocenters. The average molecular weight is 441 g/mol. The Morgan fingerprint density at radius 1 is 1.17 bits per heavy atom. The van der Waals surface area contributed by atoms with Crippen LogP contribution in [0, 0.1) is 0 Å². The molecule has 5 rings (SSSR count). The fourth-order valence-electron chi connectivity index (χ4n) is 3.46. The minimum Gasteiger partial charge on any atom is -0.467 e. The molecule has 0 amide bonds. The third kappa shape index (κ3) is 3.71. The van der Waals surface area contributed by atoms with Crippen molar-refractivity contribution in [2.45, 2.75) is 24.1 Å². The van der Waals surface area contributed by atoms with Gasteiger partial charge in [0.1, 0.15) is 11.5 Å². The highest BCUT2D eigenvalue weighted by atomic mass is 35.5. The Labute approximate surface area is 181 Å². The second-order valence-electron chi connectivity index (χ2n) is 6.83. The van der Waals surface area contributed by atoms with Crippen LogP contribution in [-0.4, -0.2) is 16.3 Å². The molecule has 0 fully saturated rings. The summed E-state index contributed by atoms with van der Waals surface area (Å²) in [5.41, 5.74) is 2.43. The molecule has 0 bridgehead atoms. The van der Waals surface area contributed by atoms with Gasteiger partial charge in [-0.3, -0.25) is 9.36 Å². The lowest BCUT2D eigenvalue weighted by atomic mass is 10.1.